The van der Waals surface area contributed by atoms with Crippen molar-refractivity contribution in [2.24, 2.45) is 5.73 Å². The van der Waals surface area contributed by atoms with Gasteiger partial charge in [-0.15, -0.1) is 0 Å². The van der Waals surface area contributed by atoms with Gasteiger partial charge < -0.3 is 5.73 Å². The first-order valence-corrected chi connectivity index (χ1v) is 11.6. The number of carbonyl (C=O) groups excluding carboxylic acids is 1. The molecule has 0 aliphatic carbocycles. The van der Waals surface area contributed by atoms with Crippen molar-refractivity contribution in [2.45, 2.75) is 6.92 Å². The predicted octanol–water partition coefficient (Wildman–Crippen LogP) is 3.15. The number of nitrogens with zero attached hydrogens (tertiary/aromatic N) is 2. The Labute approximate surface area is 190 Å². The van der Waals surface area contributed by atoms with E-state index < -0.39 is 15.9 Å². The van der Waals surface area contributed by atoms with Crippen LogP contribution in [0.25, 0.3) is 16.9 Å². The van der Waals surface area contributed by atoms with E-state index in [0.29, 0.717) is 32.6 Å². The molecule has 31 heavy (non-hydrogen) atoms. The lowest BCUT2D eigenvalue weighted by Gasteiger charge is -2.11. The Hall–Kier alpha value is -2.83. The first kappa shape index (κ1) is 22.8. The van der Waals surface area contributed by atoms with Gasteiger partial charge in [0.1, 0.15) is 0 Å². The number of rotatable bonds is 4. The molecule has 0 bridgehead atoms. The largest absolute Gasteiger partial charge is 0.320 e. The second-order valence-corrected chi connectivity index (χ2v) is 9.21. The highest BCUT2D eigenvalue weighted by molar-refractivity contribution is 7.89. The summed E-state index contributed by atoms with van der Waals surface area (Å²) in [4.78, 5) is 12.6. The Morgan fingerprint density at radius 3 is 2.45 bits per heavy atom. The number of halogens is 2. The lowest BCUT2D eigenvalue weighted by molar-refractivity contribution is 0.0976. The fourth-order valence-corrected chi connectivity index (χ4v) is 3.78. The zero-order chi connectivity index (χ0) is 22.8. The Bertz CT molecular complexity index is 1320. The van der Waals surface area contributed by atoms with Crippen molar-refractivity contribution in [1.82, 2.24) is 14.5 Å². The highest BCUT2D eigenvalue weighted by Crippen LogP contribution is 2.32. The minimum absolute atomic E-state index is 0.0431. The van der Waals surface area contributed by atoms with Crippen molar-refractivity contribution in [1.29, 1.82) is 0 Å². The third kappa shape index (κ3) is 5.27. The molecule has 0 unspecified atom stereocenters. The van der Waals surface area contributed by atoms with Gasteiger partial charge >= 0.3 is 0 Å². The molecule has 3 rings (SSSR count). The molecule has 0 atom stereocenters. The quantitative estimate of drug-likeness (QED) is 0.562. The van der Waals surface area contributed by atoms with Crippen molar-refractivity contribution in [3.05, 3.63) is 69.3 Å². The predicted molar refractivity (Wildman–Crippen MR) is 122 cm³/mol. The Morgan fingerprint density at radius 2 is 1.87 bits per heavy atom. The number of sulfonamides is 1. The van der Waals surface area contributed by atoms with Crippen LogP contribution in [0.1, 0.15) is 21.6 Å². The van der Waals surface area contributed by atoms with Gasteiger partial charge in [0.05, 0.1) is 29.2 Å². The maximum absolute atomic E-state index is 12.6. The van der Waals surface area contributed by atoms with Gasteiger partial charge in [-0.1, -0.05) is 47.2 Å². The summed E-state index contributed by atoms with van der Waals surface area (Å²) in [5.74, 6) is 4.82. The fourth-order valence-electron chi connectivity index (χ4n) is 2.96. The number of hydrogen-bond acceptors (Lipinski definition) is 5. The van der Waals surface area contributed by atoms with Gasteiger partial charge in [0.2, 0.25) is 10.0 Å². The molecular weight excluding hydrogens is 459 g/mol. The number of carbonyl (C=O) groups is 1. The van der Waals surface area contributed by atoms with E-state index in [9.17, 15) is 13.2 Å². The normalized spacial score (nSPS) is 11.0. The van der Waals surface area contributed by atoms with Crippen LogP contribution in [-0.2, 0) is 10.0 Å². The van der Waals surface area contributed by atoms with Crippen LogP contribution in [0.3, 0.4) is 0 Å². The highest BCUT2D eigenvalue weighted by Gasteiger charge is 2.24. The van der Waals surface area contributed by atoms with Gasteiger partial charge in [0, 0.05) is 21.7 Å². The summed E-state index contributed by atoms with van der Waals surface area (Å²) in [5.41, 5.74) is 8.30. The topological polar surface area (TPSA) is 107 Å². The van der Waals surface area contributed by atoms with Gasteiger partial charge in [-0.05, 0) is 37.3 Å². The van der Waals surface area contributed by atoms with Crippen molar-refractivity contribution < 1.29 is 13.2 Å². The number of aromatic nitrogens is 2. The molecule has 10 heteroatoms. The monoisotopic (exact) mass is 476 g/mol. The molecule has 160 valence electrons. The van der Waals surface area contributed by atoms with Gasteiger partial charge in [0.25, 0.3) is 5.91 Å². The molecule has 0 spiro atoms. The Kier molecular flexibility index (Phi) is 6.72. The summed E-state index contributed by atoms with van der Waals surface area (Å²) in [7, 11) is -3.77. The molecule has 1 amide bonds. The number of nitrogens with one attached hydrogen (secondary N) is 1. The van der Waals surface area contributed by atoms with Crippen molar-refractivity contribution in [2.75, 3.05) is 12.8 Å². The molecule has 0 fully saturated rings. The maximum atomic E-state index is 12.6. The smallest absolute Gasteiger partial charge is 0.285 e. The van der Waals surface area contributed by atoms with Gasteiger partial charge in [0.15, 0.2) is 5.69 Å². The van der Waals surface area contributed by atoms with Gasteiger partial charge in [-0.3, -0.25) is 4.79 Å². The van der Waals surface area contributed by atoms with Crippen LogP contribution in [0.4, 0.5) is 0 Å². The van der Waals surface area contributed by atoms with E-state index in [4.69, 9.17) is 28.9 Å². The number of amides is 1. The van der Waals surface area contributed by atoms with Crippen LogP contribution in [-0.4, -0.2) is 36.9 Å². The van der Waals surface area contributed by atoms with E-state index in [1.165, 1.54) is 4.68 Å². The second-order valence-electron chi connectivity index (χ2n) is 6.62. The zero-order valence-electron chi connectivity index (χ0n) is 16.6. The third-order valence-corrected chi connectivity index (χ3v) is 5.35. The average Bonchev–Trinajstić information content (AvgIpc) is 3.03. The average molecular weight is 477 g/mol. The minimum atomic E-state index is -3.77. The molecular formula is C21H18Cl2N4O3S. The summed E-state index contributed by atoms with van der Waals surface area (Å²) >= 11 is 12.5. The molecule has 0 saturated carbocycles. The summed E-state index contributed by atoms with van der Waals surface area (Å²) in [6, 6.07) is 12.1. The second kappa shape index (κ2) is 9.12. The minimum Gasteiger partial charge on any atom is -0.320 e. The maximum Gasteiger partial charge on any atom is 0.285 e. The van der Waals surface area contributed by atoms with Crippen LogP contribution in [0, 0.1) is 18.8 Å². The van der Waals surface area contributed by atoms with Crippen LogP contribution in [0.2, 0.25) is 10.0 Å². The number of hydrogen-bond donors (Lipinski definition) is 2. The van der Waals surface area contributed by atoms with Crippen molar-refractivity contribution in [3.8, 4) is 28.8 Å². The number of nitrogens with two attached hydrogens (primary N) is 1. The molecule has 0 saturated heterocycles. The highest BCUT2D eigenvalue weighted by atomic mass is 35.5. The van der Waals surface area contributed by atoms with Gasteiger partial charge in [-0.2, -0.15) is 5.10 Å². The zero-order valence-corrected chi connectivity index (χ0v) is 18.9. The molecule has 3 aromatic rings. The van der Waals surface area contributed by atoms with Crippen LogP contribution < -0.4 is 10.5 Å². The molecule has 1 heterocycles. The van der Waals surface area contributed by atoms with Crippen LogP contribution in [0.5, 0.6) is 0 Å². The molecule has 7 nitrogen and oxygen atoms in total. The summed E-state index contributed by atoms with van der Waals surface area (Å²) in [6.07, 6.45) is 0.898. The lowest BCUT2D eigenvalue weighted by Crippen LogP contribution is -2.30. The van der Waals surface area contributed by atoms with E-state index in [0.717, 1.165) is 11.8 Å². The van der Waals surface area contributed by atoms with Crippen LogP contribution >= 0.6 is 23.2 Å². The summed E-state index contributed by atoms with van der Waals surface area (Å²) in [6.45, 7) is 1.90. The molecule has 3 N–H and O–H groups in total. The van der Waals surface area contributed by atoms with Crippen LogP contribution in [0.15, 0.2) is 42.5 Å². The number of benzene rings is 2. The molecule has 0 radical (unpaired) electrons. The van der Waals surface area contributed by atoms with E-state index in [1.54, 1.807) is 49.4 Å². The summed E-state index contributed by atoms with van der Waals surface area (Å²) < 4.78 is 26.5. The van der Waals surface area contributed by atoms with E-state index >= 15 is 0 Å². The van der Waals surface area contributed by atoms with Crippen molar-refractivity contribution >= 4 is 39.1 Å². The SMILES string of the molecule is Cc1c(C(=O)NS(C)(=O)=O)nn(-c2ccc(C#CCN)cc2Cl)c1-c1ccc(Cl)cc1. The van der Waals surface area contributed by atoms with E-state index in [1.807, 2.05) is 4.72 Å². The standard InChI is InChI=1S/C21H18Cl2N4O3S/c1-13-19(21(28)26-31(2,29)30)25-27(20(13)15-6-8-16(22)9-7-15)18-10-5-14(4-3-11-24)12-17(18)23/h5-10,12H,11,24H2,1-2H3,(H,26,28). The summed E-state index contributed by atoms with van der Waals surface area (Å²) in [5, 5.41) is 5.27. The third-order valence-electron chi connectivity index (χ3n) is 4.24. The molecule has 2 aromatic carbocycles. The molecule has 0 aliphatic rings. The Morgan fingerprint density at radius 1 is 1.19 bits per heavy atom. The first-order valence-electron chi connectivity index (χ1n) is 8.97. The molecule has 0 aliphatic heterocycles. The fraction of sp³-hybridized carbons (Fsp3) is 0.143. The van der Waals surface area contributed by atoms with Gasteiger partial charge in [-0.25, -0.2) is 17.8 Å². The van der Waals surface area contributed by atoms with E-state index in [2.05, 4.69) is 16.9 Å². The Balaban J connectivity index is 2.22. The lowest BCUT2D eigenvalue weighted by atomic mass is 10.1. The van der Waals surface area contributed by atoms with Crippen molar-refractivity contribution in [3.63, 3.8) is 0 Å². The molecule has 1 aromatic heterocycles. The first-order chi connectivity index (χ1) is 14.6. The van der Waals surface area contributed by atoms with E-state index in [-0.39, 0.29) is 12.2 Å².